The second kappa shape index (κ2) is 10.7. The highest BCUT2D eigenvalue weighted by Crippen LogP contribution is 2.33. The van der Waals surface area contributed by atoms with Crippen LogP contribution in [0.15, 0.2) is 109 Å². The summed E-state index contributed by atoms with van der Waals surface area (Å²) in [6.45, 7) is 0.414. The SMILES string of the molecule is N#Cc1ccc(COC(Cc2ccc(C#N)c(-c3cccc4ccccc34)c2)c2cccnc2)cc1. The van der Waals surface area contributed by atoms with Crippen LogP contribution in [-0.4, -0.2) is 4.98 Å². The summed E-state index contributed by atoms with van der Waals surface area (Å²) in [4.78, 5) is 4.29. The molecule has 0 aliphatic heterocycles. The van der Waals surface area contributed by atoms with E-state index in [1.165, 1.54) is 0 Å². The van der Waals surface area contributed by atoms with Crippen LogP contribution in [-0.2, 0) is 17.8 Å². The zero-order chi connectivity index (χ0) is 24.7. The first-order valence-corrected chi connectivity index (χ1v) is 11.8. The zero-order valence-electron chi connectivity index (χ0n) is 19.6. The van der Waals surface area contributed by atoms with Gasteiger partial charge in [0.25, 0.3) is 0 Å². The van der Waals surface area contributed by atoms with Crippen molar-refractivity contribution in [2.24, 2.45) is 0 Å². The molecule has 1 heterocycles. The van der Waals surface area contributed by atoms with Crippen LogP contribution >= 0.6 is 0 Å². The lowest BCUT2D eigenvalue weighted by Gasteiger charge is -2.19. The van der Waals surface area contributed by atoms with Crippen molar-refractivity contribution in [2.75, 3.05) is 0 Å². The molecule has 5 rings (SSSR count). The number of benzene rings is 4. The summed E-state index contributed by atoms with van der Waals surface area (Å²) in [6, 6.07) is 36.3. The fourth-order valence-corrected chi connectivity index (χ4v) is 4.42. The minimum Gasteiger partial charge on any atom is -0.368 e. The standard InChI is InChI=1S/C32H23N3O/c33-19-23-10-12-24(13-11-23)22-36-32(28-7-4-16-35-21-28)18-25-14-15-27(20-34)31(17-25)30-9-3-6-26-5-1-2-8-29(26)30/h1-17,21,32H,18,22H2. The first-order valence-electron chi connectivity index (χ1n) is 11.8. The Labute approximate surface area is 210 Å². The van der Waals surface area contributed by atoms with Crippen LogP contribution in [0.1, 0.15) is 33.9 Å². The fraction of sp³-hybridized carbons (Fsp3) is 0.0938. The average Bonchev–Trinajstić information content (AvgIpc) is 2.95. The van der Waals surface area contributed by atoms with Gasteiger partial charge >= 0.3 is 0 Å². The van der Waals surface area contributed by atoms with Crippen molar-refractivity contribution in [3.05, 3.63) is 137 Å². The van der Waals surface area contributed by atoms with E-state index >= 15 is 0 Å². The largest absolute Gasteiger partial charge is 0.368 e. The molecule has 172 valence electrons. The monoisotopic (exact) mass is 465 g/mol. The van der Waals surface area contributed by atoms with Crippen molar-refractivity contribution < 1.29 is 4.74 Å². The van der Waals surface area contributed by atoms with Gasteiger partial charge < -0.3 is 4.74 Å². The number of hydrogen-bond acceptors (Lipinski definition) is 4. The first kappa shape index (κ1) is 23.0. The van der Waals surface area contributed by atoms with Crippen LogP contribution in [0.4, 0.5) is 0 Å². The molecule has 4 nitrogen and oxygen atoms in total. The van der Waals surface area contributed by atoms with E-state index in [1.807, 2.05) is 60.8 Å². The van der Waals surface area contributed by atoms with E-state index in [4.69, 9.17) is 10.00 Å². The van der Waals surface area contributed by atoms with Crippen molar-refractivity contribution in [3.63, 3.8) is 0 Å². The number of hydrogen-bond donors (Lipinski definition) is 0. The summed E-state index contributed by atoms with van der Waals surface area (Å²) >= 11 is 0. The van der Waals surface area contributed by atoms with Gasteiger partial charge in [-0.3, -0.25) is 4.98 Å². The highest BCUT2D eigenvalue weighted by atomic mass is 16.5. The maximum absolute atomic E-state index is 9.85. The minimum absolute atomic E-state index is 0.220. The molecular formula is C32H23N3O. The van der Waals surface area contributed by atoms with Crippen LogP contribution < -0.4 is 0 Å². The van der Waals surface area contributed by atoms with Crippen LogP contribution in [0.2, 0.25) is 0 Å². The normalized spacial score (nSPS) is 11.5. The number of nitrogens with zero attached hydrogens (tertiary/aromatic N) is 3. The molecular weight excluding hydrogens is 442 g/mol. The van der Waals surface area contributed by atoms with Gasteiger partial charge in [-0.05, 0) is 63.4 Å². The van der Waals surface area contributed by atoms with Gasteiger partial charge in [0.2, 0.25) is 0 Å². The molecule has 1 atom stereocenters. The van der Waals surface area contributed by atoms with Crippen LogP contribution in [0.3, 0.4) is 0 Å². The molecule has 0 radical (unpaired) electrons. The van der Waals surface area contributed by atoms with Crippen molar-refractivity contribution in [1.29, 1.82) is 10.5 Å². The molecule has 0 bridgehead atoms. The molecule has 1 aromatic heterocycles. The Morgan fingerprint density at radius 3 is 2.33 bits per heavy atom. The van der Waals surface area contributed by atoms with Crippen molar-refractivity contribution >= 4 is 10.8 Å². The lowest BCUT2D eigenvalue weighted by Crippen LogP contribution is -2.09. The summed E-state index contributed by atoms with van der Waals surface area (Å²) in [5, 5.41) is 21.2. The van der Waals surface area contributed by atoms with Crippen LogP contribution in [0, 0.1) is 22.7 Å². The van der Waals surface area contributed by atoms with Gasteiger partial charge in [-0.1, -0.05) is 66.7 Å². The number of pyridine rings is 1. The molecule has 0 aliphatic rings. The summed E-state index contributed by atoms with van der Waals surface area (Å²) in [5.41, 5.74) is 6.30. The van der Waals surface area contributed by atoms with Gasteiger partial charge in [-0.25, -0.2) is 0 Å². The predicted molar refractivity (Wildman–Crippen MR) is 141 cm³/mol. The molecule has 4 aromatic carbocycles. The molecule has 0 saturated heterocycles. The van der Waals surface area contributed by atoms with Crippen LogP contribution in [0.5, 0.6) is 0 Å². The van der Waals surface area contributed by atoms with Crippen LogP contribution in [0.25, 0.3) is 21.9 Å². The van der Waals surface area contributed by atoms with E-state index in [0.717, 1.165) is 38.6 Å². The zero-order valence-corrected chi connectivity index (χ0v) is 19.6. The quantitative estimate of drug-likeness (QED) is 0.256. The van der Waals surface area contributed by atoms with E-state index in [0.29, 0.717) is 24.2 Å². The van der Waals surface area contributed by atoms with Gasteiger partial charge in [0.1, 0.15) is 0 Å². The molecule has 4 heteroatoms. The highest BCUT2D eigenvalue weighted by Gasteiger charge is 2.16. The predicted octanol–water partition coefficient (Wildman–Crippen LogP) is 7.15. The number of ether oxygens (including phenoxy) is 1. The lowest BCUT2D eigenvalue weighted by molar-refractivity contribution is 0.0397. The summed E-state index contributed by atoms with van der Waals surface area (Å²) in [6.07, 6.45) is 3.99. The molecule has 0 amide bonds. The topological polar surface area (TPSA) is 69.7 Å². The molecule has 36 heavy (non-hydrogen) atoms. The molecule has 0 aliphatic carbocycles. The van der Waals surface area contributed by atoms with E-state index in [2.05, 4.69) is 47.5 Å². The van der Waals surface area contributed by atoms with Gasteiger partial charge in [-0.2, -0.15) is 10.5 Å². The fourth-order valence-electron chi connectivity index (χ4n) is 4.42. The Bertz CT molecular complexity index is 1570. The molecule has 0 fully saturated rings. The van der Waals surface area contributed by atoms with Crippen molar-refractivity contribution in [2.45, 2.75) is 19.1 Å². The third kappa shape index (κ3) is 5.00. The first-order chi connectivity index (χ1) is 17.7. The van der Waals surface area contributed by atoms with Gasteiger partial charge in [0.15, 0.2) is 0 Å². The third-order valence-corrected chi connectivity index (χ3v) is 6.30. The van der Waals surface area contributed by atoms with Gasteiger partial charge in [-0.15, -0.1) is 0 Å². The molecule has 0 N–H and O–H groups in total. The Morgan fingerprint density at radius 2 is 1.56 bits per heavy atom. The van der Waals surface area contributed by atoms with Crippen molar-refractivity contribution in [1.82, 2.24) is 4.98 Å². The third-order valence-electron chi connectivity index (χ3n) is 6.30. The smallest absolute Gasteiger partial charge is 0.0998 e. The minimum atomic E-state index is -0.220. The summed E-state index contributed by atoms with van der Waals surface area (Å²) in [5.74, 6) is 0. The second-order valence-electron chi connectivity index (χ2n) is 8.62. The highest BCUT2D eigenvalue weighted by molar-refractivity contribution is 5.97. The Kier molecular flexibility index (Phi) is 6.81. The maximum atomic E-state index is 9.85. The molecule has 1 unspecified atom stereocenters. The number of aromatic nitrogens is 1. The second-order valence-corrected chi connectivity index (χ2v) is 8.62. The van der Waals surface area contributed by atoms with Gasteiger partial charge in [0, 0.05) is 24.4 Å². The maximum Gasteiger partial charge on any atom is 0.0998 e. The Balaban J connectivity index is 1.47. The van der Waals surface area contributed by atoms with E-state index < -0.39 is 0 Å². The Morgan fingerprint density at radius 1 is 0.750 bits per heavy atom. The van der Waals surface area contributed by atoms with Gasteiger partial charge in [0.05, 0.1) is 36.0 Å². The number of rotatable bonds is 7. The van der Waals surface area contributed by atoms with E-state index in [1.54, 1.807) is 18.3 Å². The summed E-state index contributed by atoms with van der Waals surface area (Å²) < 4.78 is 6.38. The number of fused-ring (bicyclic) bond motifs is 1. The molecule has 5 aromatic rings. The molecule has 0 spiro atoms. The average molecular weight is 466 g/mol. The van der Waals surface area contributed by atoms with Crippen molar-refractivity contribution in [3.8, 4) is 23.3 Å². The van der Waals surface area contributed by atoms with E-state index in [9.17, 15) is 5.26 Å². The Hall–Kier alpha value is -4.77. The number of nitriles is 2. The lowest BCUT2D eigenvalue weighted by atomic mass is 9.92. The van der Waals surface area contributed by atoms with E-state index in [-0.39, 0.29) is 6.10 Å². The molecule has 0 saturated carbocycles. The summed E-state index contributed by atoms with van der Waals surface area (Å²) in [7, 11) is 0.